The van der Waals surface area contributed by atoms with Crippen molar-refractivity contribution >= 4 is 23.1 Å². The van der Waals surface area contributed by atoms with E-state index in [1.54, 1.807) is 24.0 Å². The number of ether oxygens (including phenoxy) is 1. The molecular weight excluding hydrogens is 310 g/mol. The van der Waals surface area contributed by atoms with Crippen molar-refractivity contribution in [2.45, 2.75) is 6.92 Å². The van der Waals surface area contributed by atoms with Crippen LogP contribution in [-0.4, -0.2) is 22.3 Å². The highest BCUT2D eigenvalue weighted by Gasteiger charge is 2.19. The maximum absolute atomic E-state index is 12.5. The summed E-state index contributed by atoms with van der Waals surface area (Å²) in [6, 6.07) is 13.6. The van der Waals surface area contributed by atoms with E-state index in [1.807, 2.05) is 43.3 Å². The third-order valence-corrected chi connectivity index (χ3v) is 4.38. The van der Waals surface area contributed by atoms with Crippen molar-refractivity contribution in [3.63, 3.8) is 0 Å². The molecule has 5 nitrogen and oxygen atoms in total. The highest BCUT2D eigenvalue weighted by molar-refractivity contribution is 7.17. The quantitative estimate of drug-likeness (QED) is 0.775. The molecule has 1 aromatic carbocycles. The minimum atomic E-state index is -0.209. The minimum absolute atomic E-state index is 0.209. The molecule has 1 amide bonds. The molecule has 3 rings (SSSR count). The van der Waals surface area contributed by atoms with Crippen LogP contribution in [0.2, 0.25) is 0 Å². The summed E-state index contributed by atoms with van der Waals surface area (Å²) in [4.78, 5) is 14.1. The molecule has 2 aromatic heterocycles. The Bertz CT molecular complexity index is 808. The number of aryl methyl sites for hydroxylation is 1. The Morgan fingerprint density at radius 1 is 1.30 bits per heavy atom. The van der Waals surface area contributed by atoms with Gasteiger partial charge in [0, 0.05) is 24.2 Å². The summed E-state index contributed by atoms with van der Waals surface area (Å²) in [5.41, 5.74) is 1.07. The molecule has 1 N–H and O–H groups in total. The maximum Gasteiger partial charge on any atom is 0.270 e. The molecule has 0 aliphatic rings. The average Bonchev–Trinajstić information content (AvgIpc) is 3.15. The second kappa shape index (κ2) is 6.66. The predicted octanol–water partition coefficient (Wildman–Crippen LogP) is 3.80. The lowest BCUT2D eigenvalue weighted by atomic mass is 10.2. The van der Waals surface area contributed by atoms with Crippen molar-refractivity contribution < 1.29 is 9.53 Å². The molecule has 6 heteroatoms. The van der Waals surface area contributed by atoms with E-state index in [0.29, 0.717) is 23.1 Å². The summed E-state index contributed by atoms with van der Waals surface area (Å²) in [6.45, 7) is 2.41. The van der Waals surface area contributed by atoms with E-state index in [4.69, 9.17) is 4.74 Å². The number of aromatic nitrogens is 2. The Morgan fingerprint density at radius 2 is 2.09 bits per heavy atom. The third-order valence-electron chi connectivity index (χ3n) is 3.22. The zero-order chi connectivity index (χ0) is 16.2. The number of rotatable bonds is 5. The normalized spacial score (nSPS) is 10.5. The van der Waals surface area contributed by atoms with Gasteiger partial charge < -0.3 is 10.1 Å². The summed E-state index contributed by atoms with van der Waals surface area (Å²) in [5, 5.41) is 6.97. The molecule has 23 heavy (non-hydrogen) atoms. The van der Waals surface area contributed by atoms with Crippen molar-refractivity contribution in [1.82, 2.24) is 9.78 Å². The van der Waals surface area contributed by atoms with Crippen LogP contribution in [0.4, 0.5) is 5.82 Å². The molecule has 2 heterocycles. The zero-order valence-corrected chi connectivity index (χ0v) is 13.8. The van der Waals surface area contributed by atoms with Gasteiger partial charge in [0.15, 0.2) is 5.82 Å². The van der Waals surface area contributed by atoms with Gasteiger partial charge in [-0.2, -0.15) is 5.10 Å². The molecule has 0 aliphatic heterocycles. The molecule has 0 atom stereocenters. The molecule has 0 spiro atoms. The average molecular weight is 327 g/mol. The standard InChI is InChI=1S/C17H17N3O2S/c1-3-22-13-11-14(12-7-5-4-6-8-12)23-16(13)17(21)18-15-9-10-20(2)19-15/h4-11H,3H2,1-2H3,(H,18,19,21). The van der Waals surface area contributed by atoms with Crippen molar-refractivity contribution in [2.24, 2.45) is 7.05 Å². The smallest absolute Gasteiger partial charge is 0.270 e. The first-order valence-electron chi connectivity index (χ1n) is 7.30. The fourth-order valence-electron chi connectivity index (χ4n) is 2.19. The number of thiophene rings is 1. The third kappa shape index (κ3) is 3.43. The van der Waals surface area contributed by atoms with Crippen molar-refractivity contribution in [1.29, 1.82) is 0 Å². The Morgan fingerprint density at radius 3 is 2.74 bits per heavy atom. The van der Waals surface area contributed by atoms with Gasteiger partial charge in [-0.1, -0.05) is 30.3 Å². The van der Waals surface area contributed by atoms with E-state index >= 15 is 0 Å². The van der Waals surface area contributed by atoms with Crippen LogP contribution in [0, 0.1) is 0 Å². The van der Waals surface area contributed by atoms with E-state index in [-0.39, 0.29) is 5.91 Å². The van der Waals surface area contributed by atoms with Gasteiger partial charge in [0.05, 0.1) is 6.61 Å². The van der Waals surface area contributed by atoms with E-state index in [9.17, 15) is 4.79 Å². The summed E-state index contributed by atoms with van der Waals surface area (Å²) in [6.07, 6.45) is 1.78. The largest absolute Gasteiger partial charge is 0.492 e. The van der Waals surface area contributed by atoms with Crippen LogP contribution >= 0.6 is 11.3 Å². The van der Waals surface area contributed by atoms with Crippen LogP contribution < -0.4 is 10.1 Å². The fourth-order valence-corrected chi connectivity index (χ4v) is 3.20. The van der Waals surface area contributed by atoms with Gasteiger partial charge in [-0.3, -0.25) is 9.48 Å². The lowest BCUT2D eigenvalue weighted by molar-refractivity contribution is 0.102. The molecule has 0 unspecified atom stereocenters. The van der Waals surface area contributed by atoms with Gasteiger partial charge in [0.25, 0.3) is 5.91 Å². The molecule has 3 aromatic rings. The Labute approximate surface area is 138 Å². The fraction of sp³-hybridized carbons (Fsp3) is 0.176. The molecule has 118 valence electrons. The van der Waals surface area contributed by atoms with Crippen LogP contribution in [0.5, 0.6) is 5.75 Å². The Hall–Kier alpha value is -2.60. The van der Waals surface area contributed by atoms with Gasteiger partial charge in [-0.05, 0) is 18.6 Å². The predicted molar refractivity (Wildman–Crippen MR) is 92.1 cm³/mol. The number of anilines is 1. The molecule has 0 bridgehead atoms. The number of hydrogen-bond acceptors (Lipinski definition) is 4. The number of carbonyl (C=O) groups excluding carboxylic acids is 1. The number of nitrogens with one attached hydrogen (secondary N) is 1. The number of hydrogen-bond donors (Lipinski definition) is 1. The first kappa shape index (κ1) is 15.3. The summed E-state index contributed by atoms with van der Waals surface area (Å²) < 4.78 is 7.27. The molecular formula is C17H17N3O2S. The Kier molecular flexibility index (Phi) is 4.43. The Balaban J connectivity index is 1.90. The van der Waals surface area contributed by atoms with Gasteiger partial charge in [-0.25, -0.2) is 0 Å². The van der Waals surface area contributed by atoms with Crippen LogP contribution in [0.15, 0.2) is 48.7 Å². The van der Waals surface area contributed by atoms with Crippen LogP contribution in [0.3, 0.4) is 0 Å². The van der Waals surface area contributed by atoms with Crippen LogP contribution in [0.25, 0.3) is 10.4 Å². The van der Waals surface area contributed by atoms with E-state index in [0.717, 1.165) is 10.4 Å². The topological polar surface area (TPSA) is 56.1 Å². The molecule has 0 saturated carbocycles. The van der Waals surface area contributed by atoms with E-state index in [1.165, 1.54) is 11.3 Å². The number of benzene rings is 1. The van der Waals surface area contributed by atoms with Crippen LogP contribution in [0.1, 0.15) is 16.6 Å². The first-order valence-corrected chi connectivity index (χ1v) is 8.12. The van der Waals surface area contributed by atoms with Crippen molar-refractivity contribution in [3.8, 4) is 16.2 Å². The number of amides is 1. The van der Waals surface area contributed by atoms with Gasteiger partial charge in [-0.15, -0.1) is 11.3 Å². The lowest BCUT2D eigenvalue weighted by Crippen LogP contribution is -2.12. The summed E-state index contributed by atoms with van der Waals surface area (Å²) in [7, 11) is 1.81. The van der Waals surface area contributed by atoms with Crippen molar-refractivity contribution in [3.05, 3.63) is 53.5 Å². The molecule has 0 aliphatic carbocycles. The number of carbonyl (C=O) groups is 1. The summed E-state index contributed by atoms with van der Waals surface area (Å²) >= 11 is 1.42. The SMILES string of the molecule is CCOc1cc(-c2ccccc2)sc1C(=O)Nc1ccn(C)n1. The second-order valence-electron chi connectivity index (χ2n) is 4.93. The highest BCUT2D eigenvalue weighted by atomic mass is 32.1. The number of nitrogens with zero attached hydrogens (tertiary/aromatic N) is 2. The first-order chi connectivity index (χ1) is 11.2. The van der Waals surface area contributed by atoms with E-state index < -0.39 is 0 Å². The minimum Gasteiger partial charge on any atom is -0.492 e. The molecule has 0 saturated heterocycles. The van der Waals surface area contributed by atoms with Crippen molar-refractivity contribution in [2.75, 3.05) is 11.9 Å². The van der Waals surface area contributed by atoms with Crippen LogP contribution in [-0.2, 0) is 7.05 Å². The monoisotopic (exact) mass is 327 g/mol. The maximum atomic E-state index is 12.5. The lowest BCUT2D eigenvalue weighted by Gasteiger charge is -2.04. The summed E-state index contributed by atoms with van der Waals surface area (Å²) in [5.74, 6) is 0.915. The zero-order valence-electron chi connectivity index (χ0n) is 12.9. The molecule has 0 radical (unpaired) electrons. The molecule has 0 fully saturated rings. The van der Waals surface area contributed by atoms with Gasteiger partial charge in [0.2, 0.25) is 0 Å². The second-order valence-corrected chi connectivity index (χ2v) is 5.98. The van der Waals surface area contributed by atoms with Gasteiger partial charge >= 0.3 is 0 Å². The highest BCUT2D eigenvalue weighted by Crippen LogP contribution is 2.36. The van der Waals surface area contributed by atoms with Gasteiger partial charge in [0.1, 0.15) is 10.6 Å². The van der Waals surface area contributed by atoms with E-state index in [2.05, 4.69) is 10.4 Å².